The third-order valence-corrected chi connectivity index (χ3v) is 4.82. The molecule has 0 aliphatic heterocycles. The number of rotatable bonds is 8. The third kappa shape index (κ3) is 9.70. The Bertz CT molecular complexity index is 856. The normalized spacial score (nSPS) is 12.2. The van der Waals surface area contributed by atoms with Gasteiger partial charge in [-0.1, -0.05) is 38.1 Å². The van der Waals surface area contributed by atoms with Gasteiger partial charge in [0.1, 0.15) is 11.5 Å². The first-order chi connectivity index (χ1) is 13.0. The molecule has 0 saturated heterocycles. The second-order valence-electron chi connectivity index (χ2n) is 5.88. The fraction of sp³-hybridized carbons (Fsp3) is 0.222. The van der Waals surface area contributed by atoms with Gasteiger partial charge in [0.2, 0.25) is 0 Å². The summed E-state index contributed by atoms with van der Waals surface area (Å²) in [7, 11) is -9.21. The van der Waals surface area contributed by atoms with Crippen molar-refractivity contribution in [1.29, 1.82) is 0 Å². The van der Waals surface area contributed by atoms with Gasteiger partial charge in [0, 0.05) is 0 Å². The molecule has 0 aromatic heterocycles. The molecular weight excluding hydrogens is 452 g/mol. The van der Waals surface area contributed by atoms with E-state index >= 15 is 0 Å². The Balaban J connectivity index is 0.00000420. The van der Waals surface area contributed by atoms with Crippen LogP contribution in [-0.2, 0) is 9.13 Å². The molecule has 4 N–H and O–H groups in total. The molecule has 0 aliphatic rings. The first-order valence-corrected chi connectivity index (χ1v) is 11.5. The topological polar surface area (TPSA) is 134 Å². The van der Waals surface area contributed by atoms with Crippen LogP contribution >= 0.6 is 15.6 Å². The standard InChI is InChI=1S/C18H22O8P2.2Na/c1-3-17(13-5-9-15(10-6-13)25-27(19,20)21)18(4-2)14-7-11-16(12-8-14)26-28(22,23)24;;/h5-12H,3-4H2,1-2H3,(H2,19,20,21)(H2,22,23,24);;/q;2*+1/b18-17+;;. The maximum absolute atomic E-state index is 10.9. The van der Waals surface area contributed by atoms with Crippen LogP contribution in [0.15, 0.2) is 48.5 Å². The summed E-state index contributed by atoms with van der Waals surface area (Å²) in [6, 6.07) is 12.9. The van der Waals surface area contributed by atoms with Crippen LogP contribution in [0.4, 0.5) is 0 Å². The summed E-state index contributed by atoms with van der Waals surface area (Å²) < 4.78 is 31.0. The van der Waals surface area contributed by atoms with Crippen molar-refractivity contribution in [1.82, 2.24) is 0 Å². The minimum Gasteiger partial charge on any atom is -0.404 e. The molecule has 2 aromatic rings. The summed E-state index contributed by atoms with van der Waals surface area (Å²) in [6.07, 6.45) is 1.42. The number of hydrogen-bond donors (Lipinski definition) is 4. The van der Waals surface area contributed by atoms with Gasteiger partial charge in [-0.25, -0.2) is 9.13 Å². The first kappa shape index (κ1) is 30.1. The first-order valence-electron chi connectivity index (χ1n) is 8.45. The van der Waals surface area contributed by atoms with E-state index in [2.05, 4.69) is 9.05 Å². The largest absolute Gasteiger partial charge is 1.00 e. The van der Waals surface area contributed by atoms with Crippen molar-refractivity contribution in [2.24, 2.45) is 0 Å². The van der Waals surface area contributed by atoms with Crippen LogP contribution in [0.2, 0.25) is 0 Å². The maximum Gasteiger partial charge on any atom is 1.00 e. The Hall–Kier alpha value is 0.0800. The smallest absolute Gasteiger partial charge is 0.404 e. The Kier molecular flexibility index (Phi) is 13.0. The van der Waals surface area contributed by atoms with Gasteiger partial charge >= 0.3 is 74.8 Å². The minimum atomic E-state index is -4.61. The summed E-state index contributed by atoms with van der Waals surface area (Å²) >= 11 is 0. The van der Waals surface area contributed by atoms with Gasteiger partial charge in [0.25, 0.3) is 0 Å². The van der Waals surface area contributed by atoms with Crippen molar-refractivity contribution in [3.8, 4) is 11.5 Å². The van der Waals surface area contributed by atoms with Crippen molar-refractivity contribution in [2.75, 3.05) is 0 Å². The molecule has 2 rings (SSSR count). The molecule has 12 heteroatoms. The van der Waals surface area contributed by atoms with E-state index in [1.807, 2.05) is 13.8 Å². The zero-order valence-electron chi connectivity index (χ0n) is 17.3. The molecule has 0 unspecified atom stereocenters. The third-order valence-electron chi connectivity index (χ3n) is 3.93. The summed E-state index contributed by atoms with van der Waals surface area (Å²) in [4.78, 5) is 35.5. The van der Waals surface area contributed by atoms with Crippen molar-refractivity contribution in [3.63, 3.8) is 0 Å². The average molecular weight is 474 g/mol. The second-order valence-corrected chi connectivity index (χ2v) is 8.20. The molecular formula is C18H22Na2O8P2+2. The summed E-state index contributed by atoms with van der Waals surface area (Å²) in [6.45, 7) is 3.99. The second kappa shape index (κ2) is 12.9. The molecule has 30 heavy (non-hydrogen) atoms. The predicted molar refractivity (Wildman–Crippen MR) is 106 cm³/mol. The zero-order valence-corrected chi connectivity index (χ0v) is 23.1. The average Bonchev–Trinajstić information content (AvgIpc) is 2.59. The fourth-order valence-electron chi connectivity index (χ4n) is 2.89. The van der Waals surface area contributed by atoms with E-state index in [1.54, 1.807) is 24.3 Å². The van der Waals surface area contributed by atoms with Gasteiger partial charge < -0.3 is 9.05 Å². The van der Waals surface area contributed by atoms with Gasteiger partial charge in [0.05, 0.1) is 0 Å². The zero-order chi connectivity index (χ0) is 20.9. The van der Waals surface area contributed by atoms with Crippen molar-refractivity contribution < 1.29 is 96.9 Å². The van der Waals surface area contributed by atoms with E-state index in [0.29, 0.717) is 12.8 Å². The molecule has 8 nitrogen and oxygen atoms in total. The minimum absolute atomic E-state index is 0. The molecule has 0 bridgehead atoms. The number of benzene rings is 2. The quantitative estimate of drug-likeness (QED) is 0.204. The molecule has 152 valence electrons. The maximum atomic E-state index is 10.9. The summed E-state index contributed by atoms with van der Waals surface area (Å²) in [5.74, 6) is 0.147. The molecule has 0 saturated carbocycles. The van der Waals surface area contributed by atoms with E-state index in [4.69, 9.17) is 19.6 Å². The van der Waals surface area contributed by atoms with Crippen LogP contribution in [0.1, 0.15) is 37.8 Å². The van der Waals surface area contributed by atoms with Crippen LogP contribution in [0.3, 0.4) is 0 Å². The number of hydrogen-bond acceptors (Lipinski definition) is 4. The van der Waals surface area contributed by atoms with E-state index < -0.39 is 15.6 Å². The predicted octanol–water partition coefficient (Wildman–Crippen LogP) is -1.63. The van der Waals surface area contributed by atoms with Crippen LogP contribution in [0, 0.1) is 0 Å². The molecule has 0 heterocycles. The van der Waals surface area contributed by atoms with Gasteiger partial charge in [-0.2, -0.15) is 0 Å². The van der Waals surface area contributed by atoms with Crippen LogP contribution < -0.4 is 68.2 Å². The van der Waals surface area contributed by atoms with Crippen LogP contribution in [0.5, 0.6) is 11.5 Å². The monoisotopic (exact) mass is 474 g/mol. The molecule has 0 fully saturated rings. The molecule has 0 atom stereocenters. The van der Waals surface area contributed by atoms with E-state index in [-0.39, 0.29) is 70.6 Å². The SMILES string of the molecule is CC/C(=C(/CC)c1ccc(OP(=O)(O)O)cc1)c1ccc(OP(=O)(O)O)cc1.[Na+].[Na+]. The van der Waals surface area contributed by atoms with Gasteiger partial charge in [-0.05, 0) is 59.4 Å². The molecule has 0 aliphatic carbocycles. The number of phosphoric ester groups is 2. The number of allylic oxidation sites excluding steroid dienone is 2. The van der Waals surface area contributed by atoms with Gasteiger partial charge in [-0.15, -0.1) is 0 Å². The van der Waals surface area contributed by atoms with E-state index in [0.717, 1.165) is 22.3 Å². The molecule has 0 spiro atoms. The van der Waals surface area contributed by atoms with Crippen LogP contribution in [0.25, 0.3) is 11.1 Å². The molecule has 0 radical (unpaired) electrons. The van der Waals surface area contributed by atoms with Crippen molar-refractivity contribution >= 4 is 26.8 Å². The van der Waals surface area contributed by atoms with E-state index in [9.17, 15) is 9.13 Å². The molecule has 2 aromatic carbocycles. The Morgan fingerprint density at radius 3 is 1.13 bits per heavy atom. The molecule has 0 amide bonds. The summed E-state index contributed by atoms with van der Waals surface area (Å²) in [5, 5.41) is 0. The summed E-state index contributed by atoms with van der Waals surface area (Å²) in [5.41, 5.74) is 3.84. The van der Waals surface area contributed by atoms with Crippen molar-refractivity contribution in [3.05, 3.63) is 59.7 Å². The number of phosphoric acid groups is 2. The van der Waals surface area contributed by atoms with Crippen LogP contribution in [-0.4, -0.2) is 19.6 Å². The Labute approximate surface area is 219 Å². The Morgan fingerprint density at radius 2 is 0.933 bits per heavy atom. The van der Waals surface area contributed by atoms with Crippen molar-refractivity contribution in [2.45, 2.75) is 26.7 Å². The Morgan fingerprint density at radius 1 is 0.667 bits per heavy atom. The fourth-order valence-corrected chi connectivity index (χ4v) is 3.68. The van der Waals surface area contributed by atoms with Gasteiger partial charge in [0.15, 0.2) is 0 Å². The van der Waals surface area contributed by atoms with Gasteiger partial charge in [-0.3, -0.25) is 19.6 Å². The van der Waals surface area contributed by atoms with E-state index in [1.165, 1.54) is 24.3 Å².